The zero-order valence-corrected chi connectivity index (χ0v) is 17.0. The van der Waals surface area contributed by atoms with Gasteiger partial charge in [0.05, 0.1) is 11.6 Å². The maximum Gasteiger partial charge on any atom is 0.242 e. The van der Waals surface area contributed by atoms with E-state index in [2.05, 4.69) is 22.8 Å². The molecule has 3 rings (SSSR count). The van der Waals surface area contributed by atoms with Crippen molar-refractivity contribution < 1.29 is 9.53 Å². The van der Waals surface area contributed by atoms with E-state index in [0.29, 0.717) is 18.7 Å². The fraction of sp³-hybridized carbons (Fsp3) is 0.217. The maximum absolute atomic E-state index is 12.2. The molecule has 29 heavy (non-hydrogen) atoms. The van der Waals surface area contributed by atoms with Gasteiger partial charge in [-0.1, -0.05) is 18.2 Å². The highest BCUT2D eigenvalue weighted by molar-refractivity contribution is 7.09. The van der Waals surface area contributed by atoms with Gasteiger partial charge in [0.1, 0.15) is 18.4 Å². The van der Waals surface area contributed by atoms with Gasteiger partial charge in [-0.25, -0.2) is 0 Å². The Morgan fingerprint density at radius 2 is 2.00 bits per heavy atom. The van der Waals surface area contributed by atoms with Crippen LogP contribution in [-0.4, -0.2) is 18.5 Å². The number of amides is 1. The Hall–Kier alpha value is -3.30. The number of carbonyl (C=O) groups is 1. The average molecular weight is 406 g/mol. The number of carbonyl (C=O) groups excluding carboxylic acids is 1. The fourth-order valence-electron chi connectivity index (χ4n) is 2.78. The Kier molecular flexibility index (Phi) is 7.26. The number of nitrogens with zero attached hydrogens (tertiary/aromatic N) is 1. The lowest BCUT2D eigenvalue weighted by Crippen LogP contribution is -2.38. The molecule has 2 aromatic carbocycles. The van der Waals surface area contributed by atoms with Gasteiger partial charge in [0.15, 0.2) is 0 Å². The first-order valence-corrected chi connectivity index (χ1v) is 10.3. The summed E-state index contributed by atoms with van der Waals surface area (Å²) in [6.07, 6.45) is 0.847. The molecule has 2 N–H and O–H groups in total. The first-order chi connectivity index (χ1) is 14.1. The molecule has 0 aliphatic heterocycles. The Morgan fingerprint density at radius 1 is 1.17 bits per heavy atom. The van der Waals surface area contributed by atoms with E-state index in [-0.39, 0.29) is 11.9 Å². The van der Waals surface area contributed by atoms with Gasteiger partial charge < -0.3 is 15.4 Å². The van der Waals surface area contributed by atoms with Crippen LogP contribution in [0.15, 0.2) is 66.0 Å². The van der Waals surface area contributed by atoms with Crippen molar-refractivity contribution in [1.82, 2.24) is 5.32 Å². The number of nitrogens with one attached hydrogen (secondary N) is 2. The summed E-state index contributed by atoms with van der Waals surface area (Å²) < 4.78 is 5.77. The van der Waals surface area contributed by atoms with Gasteiger partial charge in [-0.05, 0) is 66.8 Å². The van der Waals surface area contributed by atoms with Crippen LogP contribution in [0.3, 0.4) is 0 Å². The van der Waals surface area contributed by atoms with Crippen LogP contribution in [-0.2, 0) is 17.8 Å². The van der Waals surface area contributed by atoms with Crippen LogP contribution in [0.4, 0.5) is 5.69 Å². The lowest BCUT2D eigenvalue weighted by molar-refractivity contribution is -0.121. The third kappa shape index (κ3) is 6.37. The predicted molar refractivity (Wildman–Crippen MR) is 116 cm³/mol. The largest absolute Gasteiger partial charge is 0.489 e. The standard InChI is InChI=1S/C23H23N3O2S/c1-17(23(27)25-12-11-22-6-3-13-29-22)26-20-7-9-21(10-8-20)28-16-19-5-2-4-18(14-19)15-24/h2-10,13-14,17,26H,11-12,16H2,1H3,(H,25,27). The van der Waals surface area contributed by atoms with Gasteiger partial charge in [-0.3, -0.25) is 4.79 Å². The lowest BCUT2D eigenvalue weighted by atomic mass is 10.1. The van der Waals surface area contributed by atoms with Crippen molar-refractivity contribution in [2.24, 2.45) is 0 Å². The number of anilines is 1. The highest BCUT2D eigenvalue weighted by Crippen LogP contribution is 2.18. The second-order valence-corrected chi connectivity index (χ2v) is 7.64. The lowest BCUT2D eigenvalue weighted by Gasteiger charge is -2.15. The molecule has 0 saturated heterocycles. The van der Waals surface area contributed by atoms with Gasteiger partial charge in [-0.15, -0.1) is 11.3 Å². The molecule has 3 aromatic rings. The molecule has 1 unspecified atom stereocenters. The van der Waals surface area contributed by atoms with Crippen molar-refractivity contribution >= 4 is 22.9 Å². The molecule has 0 bridgehead atoms. The molecule has 1 amide bonds. The molecule has 5 nitrogen and oxygen atoms in total. The van der Waals surface area contributed by atoms with E-state index in [1.807, 2.05) is 60.8 Å². The minimum atomic E-state index is -0.334. The first-order valence-electron chi connectivity index (χ1n) is 9.42. The van der Waals surface area contributed by atoms with E-state index in [0.717, 1.165) is 23.4 Å². The minimum Gasteiger partial charge on any atom is -0.489 e. The van der Waals surface area contributed by atoms with Gasteiger partial charge in [0, 0.05) is 17.1 Å². The van der Waals surface area contributed by atoms with Gasteiger partial charge in [0.2, 0.25) is 5.91 Å². The summed E-state index contributed by atoms with van der Waals surface area (Å²) in [6, 6.07) is 20.7. The average Bonchev–Trinajstić information content (AvgIpc) is 3.27. The summed E-state index contributed by atoms with van der Waals surface area (Å²) in [4.78, 5) is 13.5. The maximum atomic E-state index is 12.2. The molecule has 0 spiro atoms. The number of thiophene rings is 1. The van der Waals surface area contributed by atoms with Gasteiger partial charge in [-0.2, -0.15) is 5.26 Å². The zero-order valence-electron chi connectivity index (χ0n) is 16.2. The summed E-state index contributed by atoms with van der Waals surface area (Å²) in [5.41, 5.74) is 2.41. The number of ether oxygens (including phenoxy) is 1. The molecule has 1 aromatic heterocycles. The number of hydrogen-bond acceptors (Lipinski definition) is 5. The topological polar surface area (TPSA) is 74.1 Å². The number of hydrogen-bond donors (Lipinski definition) is 2. The van der Waals surface area contributed by atoms with Crippen molar-refractivity contribution in [3.05, 3.63) is 82.0 Å². The quantitative estimate of drug-likeness (QED) is 0.555. The fourth-order valence-corrected chi connectivity index (χ4v) is 3.49. The Balaban J connectivity index is 1.44. The van der Waals surface area contributed by atoms with Crippen LogP contribution in [0.2, 0.25) is 0 Å². The highest BCUT2D eigenvalue weighted by Gasteiger charge is 2.12. The summed E-state index contributed by atoms with van der Waals surface area (Å²) in [6.45, 7) is 2.86. The second kappa shape index (κ2) is 10.3. The third-order valence-corrected chi connectivity index (χ3v) is 5.28. The molecule has 0 aliphatic carbocycles. The molecule has 1 atom stereocenters. The van der Waals surface area contributed by atoms with Crippen molar-refractivity contribution in [2.75, 3.05) is 11.9 Å². The predicted octanol–water partition coefficient (Wildman–Crippen LogP) is 4.36. The Bertz CT molecular complexity index is 963. The van der Waals surface area contributed by atoms with Crippen LogP contribution in [0.5, 0.6) is 5.75 Å². The van der Waals surface area contributed by atoms with E-state index in [9.17, 15) is 4.79 Å². The molecule has 0 aliphatic rings. The molecular formula is C23H23N3O2S. The second-order valence-electron chi connectivity index (χ2n) is 6.61. The highest BCUT2D eigenvalue weighted by atomic mass is 32.1. The summed E-state index contributed by atoms with van der Waals surface area (Å²) in [5, 5.41) is 17.2. The smallest absolute Gasteiger partial charge is 0.242 e. The molecule has 0 fully saturated rings. The Labute approximate surface area is 175 Å². The van der Waals surface area contributed by atoms with E-state index in [1.54, 1.807) is 17.4 Å². The summed E-state index contributed by atoms with van der Waals surface area (Å²) in [5.74, 6) is 0.699. The monoisotopic (exact) mass is 405 g/mol. The molecule has 6 heteroatoms. The molecule has 0 radical (unpaired) electrons. The van der Waals surface area contributed by atoms with E-state index >= 15 is 0 Å². The number of benzene rings is 2. The summed E-state index contributed by atoms with van der Waals surface area (Å²) >= 11 is 1.70. The van der Waals surface area contributed by atoms with Crippen LogP contribution in [0, 0.1) is 11.3 Å². The first kappa shape index (κ1) is 20.4. The number of rotatable bonds is 9. The zero-order chi connectivity index (χ0) is 20.5. The van der Waals surface area contributed by atoms with E-state index in [4.69, 9.17) is 10.00 Å². The van der Waals surface area contributed by atoms with Crippen LogP contribution in [0.25, 0.3) is 0 Å². The van der Waals surface area contributed by atoms with Crippen LogP contribution >= 0.6 is 11.3 Å². The normalized spacial score (nSPS) is 11.3. The van der Waals surface area contributed by atoms with E-state index in [1.165, 1.54) is 4.88 Å². The minimum absolute atomic E-state index is 0.0285. The third-order valence-electron chi connectivity index (χ3n) is 4.34. The van der Waals surface area contributed by atoms with Crippen molar-refractivity contribution in [3.8, 4) is 11.8 Å². The Morgan fingerprint density at radius 3 is 2.72 bits per heavy atom. The van der Waals surface area contributed by atoms with Crippen molar-refractivity contribution in [2.45, 2.75) is 26.0 Å². The molecule has 148 valence electrons. The van der Waals surface area contributed by atoms with Crippen molar-refractivity contribution in [3.63, 3.8) is 0 Å². The van der Waals surface area contributed by atoms with Crippen molar-refractivity contribution in [1.29, 1.82) is 5.26 Å². The SMILES string of the molecule is CC(Nc1ccc(OCc2cccc(C#N)c2)cc1)C(=O)NCCc1cccs1. The molecule has 0 saturated carbocycles. The number of nitriles is 1. The van der Waals surface area contributed by atoms with E-state index < -0.39 is 0 Å². The van der Waals surface area contributed by atoms with Gasteiger partial charge in [0.25, 0.3) is 0 Å². The van der Waals surface area contributed by atoms with Crippen LogP contribution in [0.1, 0.15) is 22.9 Å². The molecular weight excluding hydrogens is 382 g/mol. The van der Waals surface area contributed by atoms with Gasteiger partial charge >= 0.3 is 0 Å². The molecule has 1 heterocycles. The summed E-state index contributed by atoms with van der Waals surface area (Å²) in [7, 11) is 0. The van der Waals surface area contributed by atoms with Crippen LogP contribution < -0.4 is 15.4 Å².